The number of rotatable bonds is 5. The molecule has 124 valence electrons. The second-order valence-electron chi connectivity index (χ2n) is 6.29. The summed E-state index contributed by atoms with van der Waals surface area (Å²) in [4.78, 5) is 24.5. The SMILES string of the molecule is Cc1ccc(NC(=O)COC(=O)C2(c3ccccc3)CCC2)cc1. The van der Waals surface area contributed by atoms with Gasteiger partial charge in [-0.05, 0) is 37.5 Å². The smallest absolute Gasteiger partial charge is 0.317 e. The van der Waals surface area contributed by atoms with Crippen LogP contribution in [0.1, 0.15) is 30.4 Å². The van der Waals surface area contributed by atoms with Crippen molar-refractivity contribution in [2.45, 2.75) is 31.6 Å². The van der Waals surface area contributed by atoms with E-state index in [2.05, 4.69) is 5.32 Å². The summed E-state index contributed by atoms with van der Waals surface area (Å²) >= 11 is 0. The van der Waals surface area contributed by atoms with Gasteiger partial charge in [-0.15, -0.1) is 0 Å². The van der Waals surface area contributed by atoms with E-state index in [1.807, 2.05) is 61.5 Å². The third-order valence-corrected chi connectivity index (χ3v) is 4.59. The minimum atomic E-state index is -0.578. The van der Waals surface area contributed by atoms with E-state index in [0.717, 1.165) is 30.4 Å². The van der Waals surface area contributed by atoms with Crippen LogP contribution < -0.4 is 5.32 Å². The van der Waals surface area contributed by atoms with Crippen molar-refractivity contribution in [3.05, 3.63) is 65.7 Å². The molecule has 2 aromatic carbocycles. The van der Waals surface area contributed by atoms with Crippen LogP contribution in [0.25, 0.3) is 0 Å². The van der Waals surface area contributed by atoms with Crippen LogP contribution in [0.2, 0.25) is 0 Å². The Morgan fingerprint density at radius 2 is 1.71 bits per heavy atom. The average molecular weight is 323 g/mol. The summed E-state index contributed by atoms with van der Waals surface area (Å²) in [7, 11) is 0. The first kappa shape index (κ1) is 16.2. The highest BCUT2D eigenvalue weighted by Gasteiger charge is 2.47. The van der Waals surface area contributed by atoms with E-state index in [1.54, 1.807) is 0 Å². The predicted molar refractivity (Wildman–Crippen MR) is 92.7 cm³/mol. The first-order chi connectivity index (χ1) is 11.6. The van der Waals surface area contributed by atoms with Crippen molar-refractivity contribution in [2.75, 3.05) is 11.9 Å². The van der Waals surface area contributed by atoms with Crippen molar-refractivity contribution in [2.24, 2.45) is 0 Å². The van der Waals surface area contributed by atoms with Crippen LogP contribution in [0.3, 0.4) is 0 Å². The van der Waals surface area contributed by atoms with E-state index in [0.29, 0.717) is 5.69 Å². The second kappa shape index (κ2) is 6.87. The largest absolute Gasteiger partial charge is 0.455 e. The maximum Gasteiger partial charge on any atom is 0.317 e. The van der Waals surface area contributed by atoms with Crippen LogP contribution in [0.4, 0.5) is 5.69 Å². The molecule has 4 heteroatoms. The van der Waals surface area contributed by atoms with Gasteiger partial charge in [-0.3, -0.25) is 9.59 Å². The highest BCUT2D eigenvalue weighted by Crippen LogP contribution is 2.44. The predicted octanol–water partition coefficient (Wildman–Crippen LogP) is 3.60. The number of hydrogen-bond donors (Lipinski definition) is 1. The highest BCUT2D eigenvalue weighted by atomic mass is 16.5. The zero-order chi connectivity index (χ0) is 17.0. The standard InChI is InChI=1S/C20H21NO3/c1-15-8-10-17(11-9-15)21-18(22)14-24-19(23)20(12-5-13-20)16-6-3-2-4-7-16/h2-4,6-11H,5,12-14H2,1H3,(H,21,22). The van der Waals surface area contributed by atoms with E-state index in [-0.39, 0.29) is 18.5 Å². The molecular formula is C20H21NO3. The molecule has 3 rings (SSSR count). The highest BCUT2D eigenvalue weighted by molar-refractivity contribution is 5.94. The van der Waals surface area contributed by atoms with Crippen molar-refractivity contribution < 1.29 is 14.3 Å². The van der Waals surface area contributed by atoms with Crippen molar-refractivity contribution in [1.29, 1.82) is 0 Å². The Kier molecular flexibility index (Phi) is 4.65. The summed E-state index contributed by atoms with van der Waals surface area (Å²) in [5.41, 5.74) is 2.21. The maximum atomic E-state index is 12.5. The third kappa shape index (κ3) is 3.32. The molecule has 0 aromatic heterocycles. The van der Waals surface area contributed by atoms with Gasteiger partial charge in [-0.1, -0.05) is 54.4 Å². The molecule has 2 aromatic rings. The van der Waals surface area contributed by atoms with Crippen molar-refractivity contribution in [3.63, 3.8) is 0 Å². The summed E-state index contributed by atoms with van der Waals surface area (Å²) in [6, 6.07) is 17.2. The molecule has 1 fully saturated rings. The lowest BCUT2D eigenvalue weighted by Crippen LogP contribution is -2.44. The van der Waals surface area contributed by atoms with Gasteiger partial charge in [0.05, 0.1) is 5.41 Å². The lowest BCUT2D eigenvalue weighted by atomic mass is 9.64. The molecule has 0 atom stereocenters. The number of carbonyl (C=O) groups is 2. The van der Waals surface area contributed by atoms with Gasteiger partial charge in [0.2, 0.25) is 0 Å². The second-order valence-corrected chi connectivity index (χ2v) is 6.29. The van der Waals surface area contributed by atoms with Crippen LogP contribution in [-0.2, 0) is 19.7 Å². The molecule has 1 aliphatic carbocycles. The molecule has 1 saturated carbocycles. The van der Waals surface area contributed by atoms with Crippen molar-refractivity contribution >= 4 is 17.6 Å². The Bertz CT molecular complexity index is 718. The van der Waals surface area contributed by atoms with Gasteiger partial charge in [-0.25, -0.2) is 0 Å². The molecule has 0 radical (unpaired) electrons. The van der Waals surface area contributed by atoms with Crippen molar-refractivity contribution in [1.82, 2.24) is 0 Å². The number of benzene rings is 2. The molecule has 0 saturated heterocycles. The quantitative estimate of drug-likeness (QED) is 0.855. The number of esters is 1. The Morgan fingerprint density at radius 1 is 1.04 bits per heavy atom. The number of anilines is 1. The summed E-state index contributed by atoms with van der Waals surface area (Å²) in [6.45, 7) is 1.72. The van der Waals surface area contributed by atoms with Gasteiger partial charge in [-0.2, -0.15) is 0 Å². The number of hydrogen-bond acceptors (Lipinski definition) is 3. The van der Waals surface area contributed by atoms with Crippen LogP contribution in [-0.4, -0.2) is 18.5 Å². The molecule has 1 aliphatic rings. The maximum absolute atomic E-state index is 12.5. The van der Waals surface area contributed by atoms with Crippen LogP contribution in [0, 0.1) is 6.92 Å². The normalized spacial score (nSPS) is 15.2. The van der Waals surface area contributed by atoms with Crippen LogP contribution in [0.5, 0.6) is 0 Å². The van der Waals surface area contributed by atoms with Gasteiger partial charge >= 0.3 is 5.97 Å². The molecule has 0 heterocycles. The topological polar surface area (TPSA) is 55.4 Å². The minimum Gasteiger partial charge on any atom is -0.455 e. The first-order valence-corrected chi connectivity index (χ1v) is 8.19. The number of aryl methyl sites for hydroxylation is 1. The Morgan fingerprint density at radius 3 is 2.29 bits per heavy atom. The molecule has 0 unspecified atom stereocenters. The fourth-order valence-electron chi connectivity index (χ4n) is 3.00. The fourth-order valence-corrected chi connectivity index (χ4v) is 3.00. The van der Waals surface area contributed by atoms with E-state index in [1.165, 1.54) is 0 Å². The molecular weight excluding hydrogens is 302 g/mol. The Hall–Kier alpha value is -2.62. The van der Waals surface area contributed by atoms with Gasteiger partial charge in [0.15, 0.2) is 6.61 Å². The van der Waals surface area contributed by atoms with E-state index < -0.39 is 5.41 Å². The summed E-state index contributed by atoms with van der Waals surface area (Å²) in [5, 5.41) is 2.74. The molecule has 1 N–H and O–H groups in total. The Balaban J connectivity index is 1.58. The molecule has 1 amide bonds. The average Bonchev–Trinajstić information content (AvgIpc) is 2.55. The van der Waals surface area contributed by atoms with Gasteiger partial charge in [0.1, 0.15) is 0 Å². The molecule has 4 nitrogen and oxygen atoms in total. The molecule has 0 aliphatic heterocycles. The fraction of sp³-hybridized carbons (Fsp3) is 0.300. The lowest BCUT2D eigenvalue weighted by molar-refractivity contribution is -0.156. The number of nitrogens with one attached hydrogen (secondary N) is 1. The minimum absolute atomic E-state index is 0.263. The Labute approximate surface area is 141 Å². The summed E-state index contributed by atoms with van der Waals surface area (Å²) < 4.78 is 5.31. The molecule has 0 spiro atoms. The van der Waals surface area contributed by atoms with E-state index >= 15 is 0 Å². The van der Waals surface area contributed by atoms with Gasteiger partial charge in [0, 0.05) is 5.69 Å². The third-order valence-electron chi connectivity index (χ3n) is 4.59. The number of ether oxygens (including phenoxy) is 1. The van der Waals surface area contributed by atoms with Gasteiger partial charge < -0.3 is 10.1 Å². The molecule has 0 bridgehead atoms. The van der Waals surface area contributed by atoms with E-state index in [4.69, 9.17) is 4.74 Å². The number of carbonyl (C=O) groups excluding carboxylic acids is 2. The number of amides is 1. The van der Waals surface area contributed by atoms with Crippen LogP contribution in [0.15, 0.2) is 54.6 Å². The zero-order valence-corrected chi connectivity index (χ0v) is 13.7. The summed E-state index contributed by atoms with van der Waals surface area (Å²) in [6.07, 6.45) is 2.55. The van der Waals surface area contributed by atoms with Crippen molar-refractivity contribution in [3.8, 4) is 0 Å². The van der Waals surface area contributed by atoms with E-state index in [9.17, 15) is 9.59 Å². The first-order valence-electron chi connectivity index (χ1n) is 8.19. The summed E-state index contributed by atoms with van der Waals surface area (Å²) in [5.74, 6) is -0.631. The van der Waals surface area contributed by atoms with Crippen LogP contribution >= 0.6 is 0 Å². The van der Waals surface area contributed by atoms with Gasteiger partial charge in [0.25, 0.3) is 5.91 Å². The lowest BCUT2D eigenvalue weighted by Gasteiger charge is -2.39. The molecule has 24 heavy (non-hydrogen) atoms. The monoisotopic (exact) mass is 323 g/mol. The zero-order valence-electron chi connectivity index (χ0n) is 13.7.